The number of alkyl halides is 1. The van der Waals surface area contributed by atoms with Crippen molar-refractivity contribution in [3.05, 3.63) is 39.7 Å². The predicted molar refractivity (Wildman–Crippen MR) is 79.1 cm³/mol. The highest BCUT2D eigenvalue weighted by Crippen LogP contribution is 2.23. The number of nitrogens with zero attached hydrogens (tertiary/aromatic N) is 1. The van der Waals surface area contributed by atoms with Crippen LogP contribution < -0.4 is 5.32 Å². The van der Waals surface area contributed by atoms with E-state index in [-0.39, 0.29) is 17.0 Å². The second-order valence-electron chi connectivity index (χ2n) is 5.82. The first kappa shape index (κ1) is 17.4. The zero-order valence-corrected chi connectivity index (χ0v) is 12.9. The summed E-state index contributed by atoms with van der Waals surface area (Å²) in [4.78, 5) is 22.1. The van der Waals surface area contributed by atoms with Gasteiger partial charge in [-0.1, -0.05) is 20.8 Å². The molecule has 21 heavy (non-hydrogen) atoms. The first-order chi connectivity index (χ1) is 9.65. The van der Waals surface area contributed by atoms with Crippen molar-refractivity contribution in [2.24, 2.45) is 5.41 Å². The van der Waals surface area contributed by atoms with Crippen LogP contribution in [-0.2, 0) is 0 Å². The lowest BCUT2D eigenvalue weighted by molar-refractivity contribution is -0.385. The van der Waals surface area contributed by atoms with Crippen molar-refractivity contribution in [2.75, 3.05) is 5.88 Å². The smallest absolute Gasteiger partial charge is 0.273 e. The molecule has 116 valence electrons. The van der Waals surface area contributed by atoms with E-state index >= 15 is 0 Å². The second kappa shape index (κ2) is 6.85. The minimum Gasteiger partial charge on any atom is -0.349 e. The molecule has 0 saturated carbocycles. The number of benzene rings is 1. The Hall–Kier alpha value is -1.69. The minimum absolute atomic E-state index is 0.0782. The van der Waals surface area contributed by atoms with E-state index in [1.807, 2.05) is 20.8 Å². The van der Waals surface area contributed by atoms with E-state index in [1.165, 1.54) is 0 Å². The Balaban J connectivity index is 3.00. The van der Waals surface area contributed by atoms with E-state index in [0.717, 1.165) is 18.2 Å². The molecule has 1 N–H and O–H groups in total. The number of rotatable bonds is 5. The molecule has 0 radical (unpaired) electrons. The van der Waals surface area contributed by atoms with Crippen molar-refractivity contribution in [1.29, 1.82) is 0 Å². The Labute approximate surface area is 127 Å². The van der Waals surface area contributed by atoms with E-state index in [2.05, 4.69) is 5.32 Å². The van der Waals surface area contributed by atoms with Crippen molar-refractivity contribution in [1.82, 2.24) is 5.32 Å². The number of hydrogen-bond donors (Lipinski definition) is 1. The minimum atomic E-state index is -0.820. The van der Waals surface area contributed by atoms with Gasteiger partial charge < -0.3 is 5.32 Å². The van der Waals surface area contributed by atoms with E-state index in [1.54, 1.807) is 0 Å². The number of carbonyl (C=O) groups is 1. The molecule has 0 saturated heterocycles. The lowest BCUT2D eigenvalue weighted by Gasteiger charge is -2.31. The first-order valence-corrected chi connectivity index (χ1v) is 7.00. The molecule has 0 aromatic heterocycles. The van der Waals surface area contributed by atoms with Crippen LogP contribution >= 0.6 is 11.6 Å². The van der Waals surface area contributed by atoms with Gasteiger partial charge in [-0.05, 0) is 17.9 Å². The van der Waals surface area contributed by atoms with Gasteiger partial charge in [0, 0.05) is 23.6 Å². The summed E-state index contributed by atoms with van der Waals surface area (Å²) >= 11 is 5.72. The van der Waals surface area contributed by atoms with E-state index in [0.29, 0.717) is 12.3 Å². The normalized spacial score (nSPS) is 12.8. The van der Waals surface area contributed by atoms with Crippen molar-refractivity contribution in [3.63, 3.8) is 0 Å². The first-order valence-electron chi connectivity index (χ1n) is 6.47. The quantitative estimate of drug-likeness (QED) is 0.513. The lowest BCUT2D eigenvalue weighted by atomic mass is 9.85. The van der Waals surface area contributed by atoms with Crippen LogP contribution in [0.4, 0.5) is 10.1 Å². The van der Waals surface area contributed by atoms with Crippen LogP contribution in [0.3, 0.4) is 0 Å². The van der Waals surface area contributed by atoms with Crippen LogP contribution in [0.2, 0.25) is 0 Å². The monoisotopic (exact) mass is 316 g/mol. The summed E-state index contributed by atoms with van der Waals surface area (Å²) in [5, 5.41) is 13.5. The maximum Gasteiger partial charge on any atom is 0.273 e. The molecule has 1 aromatic rings. The average Bonchev–Trinajstić information content (AvgIpc) is 2.36. The second-order valence-corrected chi connectivity index (χ2v) is 6.20. The van der Waals surface area contributed by atoms with Crippen LogP contribution in [-0.4, -0.2) is 22.8 Å². The summed E-state index contributed by atoms with van der Waals surface area (Å²) in [5.41, 5.74) is -0.764. The zero-order chi connectivity index (χ0) is 16.2. The molecule has 0 aliphatic carbocycles. The number of nitro benzene ring substituents is 1. The SMILES string of the molecule is CC(C)(C)C(CCCl)NC(=O)c1cc(F)cc([N+](=O)[O-])c1. The molecule has 0 bridgehead atoms. The van der Waals surface area contributed by atoms with Crippen LogP contribution in [0.25, 0.3) is 0 Å². The standard InChI is InChI=1S/C14H18ClFN2O3/c1-14(2,3)12(4-5-15)17-13(19)9-6-10(16)8-11(7-9)18(20)21/h6-8,12H,4-5H2,1-3H3,(H,17,19). The lowest BCUT2D eigenvalue weighted by Crippen LogP contribution is -2.44. The average molecular weight is 317 g/mol. The summed E-state index contributed by atoms with van der Waals surface area (Å²) in [6, 6.07) is 2.59. The van der Waals surface area contributed by atoms with Gasteiger partial charge in [-0.15, -0.1) is 11.6 Å². The molecule has 1 atom stereocenters. The van der Waals surface area contributed by atoms with Gasteiger partial charge in [0.2, 0.25) is 0 Å². The third-order valence-corrected chi connectivity index (χ3v) is 3.32. The van der Waals surface area contributed by atoms with Gasteiger partial charge in [-0.25, -0.2) is 4.39 Å². The number of carbonyl (C=O) groups excluding carboxylic acids is 1. The van der Waals surface area contributed by atoms with Gasteiger partial charge in [0.1, 0.15) is 5.82 Å². The summed E-state index contributed by atoms with van der Waals surface area (Å²) in [5.74, 6) is -1.01. The van der Waals surface area contributed by atoms with Crippen molar-refractivity contribution in [3.8, 4) is 0 Å². The van der Waals surface area contributed by atoms with Crippen molar-refractivity contribution >= 4 is 23.2 Å². The molecular formula is C14H18ClFN2O3. The fraction of sp³-hybridized carbons (Fsp3) is 0.500. The number of non-ortho nitro benzene ring substituents is 1. The third kappa shape index (κ3) is 4.97. The molecule has 0 aliphatic heterocycles. The molecule has 0 heterocycles. The molecule has 5 nitrogen and oxygen atoms in total. The predicted octanol–water partition coefficient (Wildman–Crippen LogP) is 3.51. The molecule has 7 heteroatoms. The number of halogens is 2. The zero-order valence-electron chi connectivity index (χ0n) is 12.2. The summed E-state index contributed by atoms with van der Waals surface area (Å²) < 4.78 is 13.4. The number of nitro groups is 1. The van der Waals surface area contributed by atoms with Gasteiger partial charge >= 0.3 is 0 Å². The topological polar surface area (TPSA) is 72.2 Å². The molecule has 0 aliphatic rings. The Morgan fingerprint density at radius 1 is 1.43 bits per heavy atom. The van der Waals surface area contributed by atoms with Gasteiger partial charge in [0.05, 0.1) is 11.0 Å². The van der Waals surface area contributed by atoms with E-state index < -0.39 is 22.3 Å². The van der Waals surface area contributed by atoms with Crippen LogP contribution in [0.15, 0.2) is 18.2 Å². The summed E-state index contributed by atoms with van der Waals surface area (Å²) in [6.07, 6.45) is 0.550. The molecule has 1 aromatic carbocycles. The van der Waals surface area contributed by atoms with Gasteiger partial charge in [0.15, 0.2) is 0 Å². The number of hydrogen-bond acceptors (Lipinski definition) is 3. The highest BCUT2D eigenvalue weighted by atomic mass is 35.5. The summed E-state index contributed by atoms with van der Waals surface area (Å²) in [6.45, 7) is 5.83. The third-order valence-electron chi connectivity index (χ3n) is 3.10. The van der Waals surface area contributed by atoms with Crippen LogP contribution in [0, 0.1) is 21.3 Å². The molecule has 1 rings (SSSR count). The van der Waals surface area contributed by atoms with Gasteiger partial charge in [0.25, 0.3) is 11.6 Å². The Kier molecular flexibility index (Phi) is 5.66. The van der Waals surface area contributed by atoms with Crippen LogP contribution in [0.5, 0.6) is 0 Å². The Bertz CT molecular complexity index is 544. The van der Waals surface area contributed by atoms with E-state index in [4.69, 9.17) is 11.6 Å². The summed E-state index contributed by atoms with van der Waals surface area (Å²) in [7, 11) is 0. The molecule has 0 fully saturated rings. The van der Waals surface area contributed by atoms with Gasteiger partial charge in [-0.3, -0.25) is 14.9 Å². The largest absolute Gasteiger partial charge is 0.349 e. The molecule has 0 spiro atoms. The molecular weight excluding hydrogens is 299 g/mol. The van der Waals surface area contributed by atoms with Crippen molar-refractivity contribution < 1.29 is 14.1 Å². The van der Waals surface area contributed by atoms with Crippen LogP contribution in [0.1, 0.15) is 37.6 Å². The highest BCUT2D eigenvalue weighted by molar-refractivity contribution is 6.17. The number of amides is 1. The number of nitrogens with one attached hydrogen (secondary N) is 1. The fourth-order valence-electron chi connectivity index (χ4n) is 1.88. The van der Waals surface area contributed by atoms with Gasteiger partial charge in [-0.2, -0.15) is 0 Å². The molecule has 1 amide bonds. The fourth-order valence-corrected chi connectivity index (χ4v) is 2.10. The van der Waals surface area contributed by atoms with Crippen molar-refractivity contribution in [2.45, 2.75) is 33.2 Å². The maximum atomic E-state index is 13.4. The molecule has 1 unspecified atom stereocenters. The Morgan fingerprint density at radius 2 is 2.05 bits per heavy atom. The highest BCUT2D eigenvalue weighted by Gasteiger charge is 2.26. The Morgan fingerprint density at radius 3 is 2.52 bits per heavy atom. The van der Waals surface area contributed by atoms with E-state index in [9.17, 15) is 19.3 Å². The maximum absolute atomic E-state index is 13.4.